The number of aliphatic imine (C=N–C) groups is 2. The number of anilines is 2. The van der Waals surface area contributed by atoms with Gasteiger partial charge in [-0.3, -0.25) is 9.98 Å². The number of unbranched alkanes of at least 4 members (excludes halogenated alkanes) is 3. The zero-order valence-corrected chi connectivity index (χ0v) is 16.9. The molecular formula is C18H27BrN8. The van der Waals surface area contributed by atoms with Crippen molar-refractivity contribution < 1.29 is 0 Å². The SMILES string of the molecule is Br.NC(=NCCCCCCN=C(N)Nc1ccccn1)Nc1ccccn1. The van der Waals surface area contributed by atoms with Crippen molar-refractivity contribution in [2.75, 3.05) is 23.7 Å². The number of halogens is 1. The second-order valence-corrected chi connectivity index (χ2v) is 5.63. The van der Waals surface area contributed by atoms with Crippen LogP contribution in [0.1, 0.15) is 25.7 Å². The van der Waals surface area contributed by atoms with Gasteiger partial charge >= 0.3 is 0 Å². The molecular weight excluding hydrogens is 408 g/mol. The third-order valence-electron chi connectivity index (χ3n) is 3.47. The van der Waals surface area contributed by atoms with Gasteiger partial charge in [0.2, 0.25) is 0 Å². The van der Waals surface area contributed by atoms with Crippen molar-refractivity contribution in [2.24, 2.45) is 21.5 Å². The molecule has 2 aromatic heterocycles. The molecule has 0 spiro atoms. The van der Waals surface area contributed by atoms with Gasteiger partial charge in [0.15, 0.2) is 11.9 Å². The predicted octanol–water partition coefficient (Wildman–Crippen LogP) is 2.77. The highest BCUT2D eigenvalue weighted by atomic mass is 79.9. The van der Waals surface area contributed by atoms with Crippen molar-refractivity contribution in [2.45, 2.75) is 25.7 Å². The number of nitrogens with one attached hydrogen (secondary N) is 2. The number of guanidine groups is 2. The minimum absolute atomic E-state index is 0. The van der Waals surface area contributed by atoms with Crippen LogP contribution in [0.15, 0.2) is 58.8 Å². The summed E-state index contributed by atoms with van der Waals surface area (Å²) in [5.74, 6) is 2.18. The Labute approximate surface area is 170 Å². The molecule has 0 unspecified atom stereocenters. The first kappa shape index (κ1) is 22.4. The molecule has 8 nitrogen and oxygen atoms in total. The molecule has 146 valence electrons. The highest BCUT2D eigenvalue weighted by Gasteiger charge is 1.96. The summed E-state index contributed by atoms with van der Waals surface area (Å²) >= 11 is 0. The Morgan fingerprint density at radius 3 is 1.56 bits per heavy atom. The molecule has 0 amide bonds. The first-order chi connectivity index (χ1) is 12.7. The van der Waals surface area contributed by atoms with Gasteiger partial charge in [-0.25, -0.2) is 9.97 Å². The Kier molecular flexibility index (Phi) is 11.2. The van der Waals surface area contributed by atoms with Gasteiger partial charge in [-0.15, -0.1) is 17.0 Å². The van der Waals surface area contributed by atoms with Gasteiger partial charge in [0, 0.05) is 25.5 Å². The lowest BCUT2D eigenvalue weighted by Gasteiger charge is -2.05. The first-order valence-electron chi connectivity index (χ1n) is 8.70. The highest BCUT2D eigenvalue weighted by molar-refractivity contribution is 8.93. The van der Waals surface area contributed by atoms with Crippen LogP contribution in [-0.4, -0.2) is 35.0 Å². The maximum Gasteiger partial charge on any atom is 0.194 e. The van der Waals surface area contributed by atoms with E-state index in [4.69, 9.17) is 11.5 Å². The van der Waals surface area contributed by atoms with E-state index in [9.17, 15) is 0 Å². The average molecular weight is 435 g/mol. The van der Waals surface area contributed by atoms with Gasteiger partial charge in [-0.2, -0.15) is 0 Å². The number of pyridine rings is 2. The molecule has 9 heteroatoms. The van der Waals surface area contributed by atoms with Crippen molar-refractivity contribution in [1.82, 2.24) is 9.97 Å². The van der Waals surface area contributed by atoms with Gasteiger partial charge in [0.05, 0.1) is 0 Å². The van der Waals surface area contributed by atoms with Gasteiger partial charge in [-0.05, 0) is 37.1 Å². The van der Waals surface area contributed by atoms with Crippen molar-refractivity contribution in [1.29, 1.82) is 0 Å². The minimum atomic E-state index is 0. The maximum absolute atomic E-state index is 5.82. The first-order valence-corrected chi connectivity index (χ1v) is 8.70. The second kappa shape index (κ2) is 13.5. The van der Waals surface area contributed by atoms with Crippen LogP contribution in [0.25, 0.3) is 0 Å². The smallest absolute Gasteiger partial charge is 0.194 e. The fourth-order valence-corrected chi connectivity index (χ4v) is 2.19. The molecule has 0 bridgehead atoms. The second-order valence-electron chi connectivity index (χ2n) is 5.63. The summed E-state index contributed by atoms with van der Waals surface area (Å²) in [5, 5.41) is 5.92. The van der Waals surface area contributed by atoms with Crippen molar-refractivity contribution in [3.05, 3.63) is 48.8 Å². The Morgan fingerprint density at radius 2 is 1.19 bits per heavy atom. The molecule has 0 saturated carbocycles. The molecule has 0 aromatic carbocycles. The molecule has 0 saturated heterocycles. The van der Waals surface area contributed by atoms with E-state index in [0.717, 1.165) is 25.7 Å². The van der Waals surface area contributed by atoms with Crippen LogP contribution >= 0.6 is 17.0 Å². The van der Waals surface area contributed by atoms with Crippen LogP contribution < -0.4 is 22.1 Å². The van der Waals surface area contributed by atoms with Crippen LogP contribution in [0, 0.1) is 0 Å². The largest absolute Gasteiger partial charge is 0.370 e. The number of nitrogens with zero attached hydrogens (tertiary/aromatic N) is 4. The molecule has 0 aliphatic carbocycles. The van der Waals surface area contributed by atoms with Crippen molar-refractivity contribution in [3.63, 3.8) is 0 Å². The Hall–Kier alpha value is -2.68. The predicted molar refractivity (Wildman–Crippen MR) is 117 cm³/mol. The quantitative estimate of drug-likeness (QED) is 0.273. The third-order valence-corrected chi connectivity index (χ3v) is 3.47. The third kappa shape index (κ3) is 10.1. The highest BCUT2D eigenvalue weighted by Crippen LogP contribution is 2.02. The standard InChI is InChI=1S/C18H26N8.BrH/c19-17(25-15-9-3-7-11-21-15)23-13-5-1-2-6-14-24-18(20)26-16-10-4-8-12-22-16;/h3-4,7-12H,1-2,5-6,13-14H2,(H3,19,21,23,25)(H3,20,22,24,26);1H. The number of hydrogen-bond donors (Lipinski definition) is 4. The fraction of sp³-hybridized carbons (Fsp3) is 0.333. The van der Waals surface area contributed by atoms with E-state index >= 15 is 0 Å². The van der Waals surface area contributed by atoms with E-state index in [1.807, 2.05) is 36.4 Å². The summed E-state index contributed by atoms with van der Waals surface area (Å²) in [6.45, 7) is 1.39. The van der Waals surface area contributed by atoms with Crippen LogP contribution in [0.2, 0.25) is 0 Å². The van der Waals surface area contributed by atoms with Gasteiger partial charge in [0.1, 0.15) is 11.6 Å². The Morgan fingerprint density at radius 1 is 0.741 bits per heavy atom. The van der Waals surface area contributed by atoms with Gasteiger partial charge < -0.3 is 22.1 Å². The summed E-state index contributed by atoms with van der Waals surface area (Å²) < 4.78 is 0. The zero-order chi connectivity index (χ0) is 18.5. The van der Waals surface area contributed by atoms with Crippen LogP contribution in [0.5, 0.6) is 0 Å². The molecule has 0 aliphatic rings. The Balaban J connectivity index is 0.00000364. The fourth-order valence-electron chi connectivity index (χ4n) is 2.19. The molecule has 0 radical (unpaired) electrons. The molecule has 2 rings (SSSR count). The number of nitrogens with two attached hydrogens (primary N) is 2. The maximum atomic E-state index is 5.82. The minimum Gasteiger partial charge on any atom is -0.370 e. The number of hydrogen-bond acceptors (Lipinski definition) is 4. The van der Waals surface area contributed by atoms with Crippen molar-refractivity contribution >= 4 is 40.5 Å². The van der Waals surface area contributed by atoms with E-state index in [1.165, 1.54) is 0 Å². The summed E-state index contributed by atoms with van der Waals surface area (Å²) in [4.78, 5) is 16.8. The van der Waals surface area contributed by atoms with Gasteiger partial charge in [0.25, 0.3) is 0 Å². The van der Waals surface area contributed by atoms with E-state index in [-0.39, 0.29) is 17.0 Å². The summed E-state index contributed by atoms with van der Waals surface area (Å²) in [5.41, 5.74) is 11.6. The van der Waals surface area contributed by atoms with Crippen LogP contribution in [0.4, 0.5) is 11.6 Å². The average Bonchev–Trinajstić information content (AvgIpc) is 2.65. The number of aromatic nitrogens is 2. The van der Waals surface area contributed by atoms with E-state index in [1.54, 1.807) is 12.4 Å². The summed E-state index contributed by atoms with van der Waals surface area (Å²) in [6, 6.07) is 11.2. The zero-order valence-electron chi connectivity index (χ0n) is 15.2. The lowest BCUT2D eigenvalue weighted by Crippen LogP contribution is -2.23. The Bertz CT molecular complexity index is 630. The molecule has 27 heavy (non-hydrogen) atoms. The monoisotopic (exact) mass is 434 g/mol. The van der Waals surface area contributed by atoms with E-state index in [2.05, 4.69) is 30.6 Å². The number of rotatable bonds is 9. The van der Waals surface area contributed by atoms with E-state index < -0.39 is 0 Å². The summed E-state index contributed by atoms with van der Waals surface area (Å²) in [6.07, 6.45) is 7.52. The molecule has 2 heterocycles. The molecule has 0 atom stereocenters. The molecule has 0 aliphatic heterocycles. The van der Waals surface area contributed by atoms with Crippen LogP contribution in [-0.2, 0) is 0 Å². The van der Waals surface area contributed by atoms with Crippen molar-refractivity contribution in [3.8, 4) is 0 Å². The molecule has 0 fully saturated rings. The molecule has 6 N–H and O–H groups in total. The summed E-state index contributed by atoms with van der Waals surface area (Å²) in [7, 11) is 0. The van der Waals surface area contributed by atoms with Gasteiger partial charge in [-0.1, -0.05) is 25.0 Å². The lowest BCUT2D eigenvalue weighted by atomic mass is 10.2. The van der Waals surface area contributed by atoms with E-state index in [0.29, 0.717) is 36.6 Å². The normalized spacial score (nSPS) is 11.6. The lowest BCUT2D eigenvalue weighted by molar-refractivity contribution is 0.654. The van der Waals surface area contributed by atoms with Crippen LogP contribution in [0.3, 0.4) is 0 Å². The topological polar surface area (TPSA) is 127 Å². The molecule has 2 aromatic rings.